The molecule has 0 unspecified atom stereocenters. The predicted octanol–water partition coefficient (Wildman–Crippen LogP) is 5.30. The van der Waals surface area contributed by atoms with Crippen molar-refractivity contribution in [3.05, 3.63) is 48.2 Å². The summed E-state index contributed by atoms with van der Waals surface area (Å²) in [5.74, 6) is 0.698. The first-order valence-electron chi connectivity index (χ1n) is 7.23. The molecule has 3 heteroatoms. The van der Waals surface area contributed by atoms with E-state index in [-0.39, 0.29) is 11.1 Å². The van der Waals surface area contributed by atoms with Crippen molar-refractivity contribution in [3.8, 4) is 0 Å². The highest BCUT2D eigenvalue weighted by Gasteiger charge is 2.40. The fraction of sp³-hybridized carbons (Fsp3) is 0.529. The average Bonchev–Trinajstić information content (AvgIpc) is 2.36. The lowest BCUT2D eigenvalue weighted by atomic mass is 10.1. The molecule has 112 valence electrons. The van der Waals surface area contributed by atoms with Gasteiger partial charge in [0.2, 0.25) is 0 Å². The Hall–Kier alpha value is -1.06. The van der Waals surface area contributed by atoms with Crippen LogP contribution in [-0.4, -0.2) is 14.9 Å². The fourth-order valence-corrected chi connectivity index (χ4v) is 2.89. The van der Waals surface area contributed by atoms with Gasteiger partial charge in [-0.3, -0.25) is 0 Å². The van der Waals surface area contributed by atoms with Gasteiger partial charge in [0.1, 0.15) is 11.9 Å². The minimum atomic E-state index is -1.88. The van der Waals surface area contributed by atoms with Crippen LogP contribution < -0.4 is 0 Å². The van der Waals surface area contributed by atoms with E-state index in [2.05, 4.69) is 52.6 Å². The van der Waals surface area contributed by atoms with Crippen LogP contribution in [-0.2, 0) is 9.16 Å². The molecule has 0 aliphatic rings. The summed E-state index contributed by atoms with van der Waals surface area (Å²) in [6, 6.07) is 10.2. The molecule has 0 saturated heterocycles. The van der Waals surface area contributed by atoms with Crippen LogP contribution in [0.1, 0.15) is 39.4 Å². The van der Waals surface area contributed by atoms with E-state index < -0.39 is 8.32 Å². The first-order chi connectivity index (χ1) is 9.19. The van der Waals surface area contributed by atoms with Gasteiger partial charge in [-0.05, 0) is 30.6 Å². The van der Waals surface area contributed by atoms with Gasteiger partial charge in [-0.15, -0.1) is 0 Å². The normalized spacial score (nSPS) is 13.9. The van der Waals surface area contributed by atoms with Crippen LogP contribution in [0.15, 0.2) is 42.7 Å². The largest absolute Gasteiger partial charge is 0.496 e. The lowest BCUT2D eigenvalue weighted by molar-refractivity contribution is 0.115. The lowest BCUT2D eigenvalue weighted by Crippen LogP contribution is -2.42. The molecule has 0 radical (unpaired) electrons. The van der Waals surface area contributed by atoms with Crippen molar-refractivity contribution in [2.24, 2.45) is 0 Å². The summed E-state index contributed by atoms with van der Waals surface area (Å²) in [7, 11) is -1.88. The maximum atomic E-state index is 6.52. The molecule has 0 bridgehead atoms. The Bertz CT molecular complexity index is 432. The molecule has 0 saturated carbocycles. The molecule has 1 aromatic carbocycles. The Morgan fingerprint density at radius 2 is 1.75 bits per heavy atom. The highest BCUT2D eigenvalue weighted by molar-refractivity contribution is 6.74. The van der Waals surface area contributed by atoms with E-state index in [1.165, 1.54) is 0 Å². The molecule has 0 fully saturated rings. The van der Waals surface area contributed by atoms with Crippen LogP contribution in [0.25, 0.3) is 0 Å². The number of hydrogen-bond acceptors (Lipinski definition) is 2. The molecule has 0 N–H and O–H groups in total. The van der Waals surface area contributed by atoms with Crippen LogP contribution in [0.4, 0.5) is 0 Å². The molecule has 0 aromatic heterocycles. The summed E-state index contributed by atoms with van der Waals surface area (Å²) in [5.41, 5.74) is 1.11. The van der Waals surface area contributed by atoms with E-state index in [1.807, 2.05) is 25.1 Å². The van der Waals surface area contributed by atoms with Gasteiger partial charge in [0.05, 0.1) is 6.61 Å². The molecule has 20 heavy (non-hydrogen) atoms. The highest BCUT2D eigenvalue weighted by Crippen LogP contribution is 2.41. The van der Waals surface area contributed by atoms with Crippen molar-refractivity contribution in [3.63, 3.8) is 0 Å². The molecule has 0 amide bonds. The van der Waals surface area contributed by atoms with Crippen LogP contribution in [0.2, 0.25) is 18.1 Å². The van der Waals surface area contributed by atoms with Gasteiger partial charge in [0.15, 0.2) is 8.32 Å². The maximum Gasteiger partial charge on any atom is 0.193 e. The van der Waals surface area contributed by atoms with Crippen LogP contribution >= 0.6 is 0 Å². The van der Waals surface area contributed by atoms with Gasteiger partial charge < -0.3 is 9.16 Å². The smallest absolute Gasteiger partial charge is 0.193 e. The van der Waals surface area contributed by atoms with Crippen molar-refractivity contribution < 1.29 is 9.16 Å². The molecule has 0 aliphatic heterocycles. The molecular formula is C17H28O2Si. The summed E-state index contributed by atoms with van der Waals surface area (Å²) >= 11 is 0. The zero-order valence-electron chi connectivity index (χ0n) is 13.7. The second-order valence-electron chi connectivity index (χ2n) is 6.57. The van der Waals surface area contributed by atoms with Crippen LogP contribution in [0.3, 0.4) is 0 Å². The van der Waals surface area contributed by atoms with Crippen LogP contribution in [0, 0.1) is 0 Å². The van der Waals surface area contributed by atoms with Gasteiger partial charge in [0.25, 0.3) is 0 Å². The van der Waals surface area contributed by atoms with E-state index in [9.17, 15) is 0 Å². The predicted molar refractivity (Wildman–Crippen MR) is 88.2 cm³/mol. The maximum absolute atomic E-state index is 6.52. The van der Waals surface area contributed by atoms with Crippen molar-refractivity contribution in [1.29, 1.82) is 0 Å². The molecule has 2 nitrogen and oxygen atoms in total. The monoisotopic (exact) mass is 292 g/mol. The first kappa shape index (κ1) is 17.0. The third kappa shape index (κ3) is 4.22. The van der Waals surface area contributed by atoms with E-state index in [0.717, 1.165) is 5.56 Å². The Labute approximate surface area is 124 Å². The Morgan fingerprint density at radius 1 is 1.20 bits per heavy atom. The number of hydrogen-bond donors (Lipinski definition) is 0. The summed E-state index contributed by atoms with van der Waals surface area (Å²) in [4.78, 5) is 0. The SMILES string of the molecule is C=C(OCC)[C@H](O[Si](C)(C)C(C)(C)C)c1ccccc1. The molecule has 0 heterocycles. The quantitative estimate of drug-likeness (QED) is 0.523. The highest BCUT2D eigenvalue weighted by atomic mass is 28.4. The van der Waals surface area contributed by atoms with Gasteiger partial charge in [-0.2, -0.15) is 0 Å². The van der Waals surface area contributed by atoms with Crippen molar-refractivity contribution in [2.45, 2.75) is 51.9 Å². The first-order valence-corrected chi connectivity index (χ1v) is 10.1. The third-order valence-electron chi connectivity index (χ3n) is 3.94. The van der Waals surface area contributed by atoms with E-state index in [4.69, 9.17) is 9.16 Å². The molecule has 1 atom stereocenters. The minimum absolute atomic E-state index is 0.159. The standard InChI is InChI=1S/C17H28O2Si/c1-8-18-14(2)16(15-12-10-9-11-13-15)19-20(6,7)17(3,4)5/h9-13,16H,2,8H2,1,3-7H3/t16-/m0/s1. The Morgan fingerprint density at radius 3 is 2.20 bits per heavy atom. The molecule has 1 aromatic rings. The third-order valence-corrected chi connectivity index (χ3v) is 8.38. The lowest BCUT2D eigenvalue weighted by Gasteiger charge is -2.39. The van der Waals surface area contributed by atoms with E-state index >= 15 is 0 Å². The van der Waals surface area contributed by atoms with Gasteiger partial charge in [-0.1, -0.05) is 57.7 Å². The average molecular weight is 292 g/mol. The van der Waals surface area contributed by atoms with E-state index in [0.29, 0.717) is 12.4 Å². The van der Waals surface area contributed by atoms with Crippen LogP contribution in [0.5, 0.6) is 0 Å². The second kappa shape index (κ2) is 6.59. The summed E-state index contributed by atoms with van der Waals surface area (Å²) < 4.78 is 12.1. The van der Waals surface area contributed by atoms with E-state index in [1.54, 1.807) is 0 Å². The molecule has 0 spiro atoms. The zero-order valence-corrected chi connectivity index (χ0v) is 14.7. The minimum Gasteiger partial charge on any atom is -0.496 e. The van der Waals surface area contributed by atoms with Crippen molar-refractivity contribution >= 4 is 8.32 Å². The van der Waals surface area contributed by atoms with Crippen molar-refractivity contribution in [2.75, 3.05) is 6.61 Å². The molecular weight excluding hydrogens is 264 g/mol. The molecule has 1 rings (SSSR count). The fourth-order valence-electron chi connectivity index (χ4n) is 1.68. The number of benzene rings is 1. The number of ether oxygens (including phenoxy) is 1. The number of rotatable bonds is 6. The Balaban J connectivity index is 3.04. The van der Waals surface area contributed by atoms with Gasteiger partial charge in [0, 0.05) is 0 Å². The second-order valence-corrected chi connectivity index (χ2v) is 11.3. The Kier molecular flexibility index (Phi) is 5.60. The van der Waals surface area contributed by atoms with Gasteiger partial charge >= 0.3 is 0 Å². The van der Waals surface area contributed by atoms with Gasteiger partial charge in [-0.25, -0.2) is 0 Å². The molecule has 0 aliphatic carbocycles. The van der Waals surface area contributed by atoms with Crippen molar-refractivity contribution in [1.82, 2.24) is 0 Å². The summed E-state index contributed by atoms with van der Waals surface area (Å²) in [6.45, 7) is 17.9. The zero-order chi connectivity index (χ0) is 15.4. The topological polar surface area (TPSA) is 18.5 Å². The summed E-state index contributed by atoms with van der Waals surface area (Å²) in [5, 5.41) is 0.159. The summed E-state index contributed by atoms with van der Waals surface area (Å²) in [6.07, 6.45) is -0.183.